The highest BCUT2D eigenvalue weighted by Gasteiger charge is 2.22. The van der Waals surface area contributed by atoms with E-state index in [1.807, 2.05) is 0 Å². The Balaban J connectivity index is 0.00000272. The summed E-state index contributed by atoms with van der Waals surface area (Å²) in [6.07, 6.45) is 0. The normalized spacial score (nSPS) is 14.4. The number of morpholine rings is 1. The molecule has 4 rings (SSSR count). The zero-order valence-electron chi connectivity index (χ0n) is 16.4. The molecule has 1 fully saturated rings. The van der Waals surface area contributed by atoms with E-state index in [0.29, 0.717) is 45.8 Å². The second-order valence-corrected chi connectivity index (χ2v) is 8.84. The maximum absolute atomic E-state index is 12.6. The number of benzene rings is 1. The van der Waals surface area contributed by atoms with Crippen molar-refractivity contribution in [2.45, 2.75) is 13.5 Å². The van der Waals surface area contributed by atoms with Crippen LogP contribution >= 0.6 is 34.5 Å². The van der Waals surface area contributed by atoms with Crippen LogP contribution in [0.25, 0.3) is 10.2 Å². The summed E-state index contributed by atoms with van der Waals surface area (Å²) in [5.41, 5.74) is 2.46. The fourth-order valence-corrected chi connectivity index (χ4v) is 4.77. The fraction of sp³-hybridized carbons (Fsp3) is 0.316. The lowest BCUT2D eigenvalue weighted by atomic mass is 10.1. The van der Waals surface area contributed by atoms with Gasteiger partial charge < -0.3 is 32.1 Å². The van der Waals surface area contributed by atoms with Crippen molar-refractivity contribution in [1.29, 1.82) is 0 Å². The number of aromatic amines is 1. The van der Waals surface area contributed by atoms with Crippen molar-refractivity contribution in [1.82, 2.24) is 9.97 Å². The monoisotopic (exact) mass is 504 g/mol. The molecule has 1 saturated heterocycles. The number of nitrogens with one attached hydrogen (secondary N) is 3. The summed E-state index contributed by atoms with van der Waals surface area (Å²) in [4.78, 5) is 32.9. The van der Waals surface area contributed by atoms with E-state index in [-0.39, 0.29) is 28.7 Å². The molecule has 1 amide bonds. The molecular weight excluding hydrogens is 487 g/mol. The van der Waals surface area contributed by atoms with Gasteiger partial charge in [0.05, 0.1) is 39.0 Å². The number of rotatable bonds is 5. The van der Waals surface area contributed by atoms with Crippen LogP contribution in [0.3, 0.4) is 0 Å². The third-order valence-electron chi connectivity index (χ3n) is 4.96. The Labute approximate surface area is 197 Å². The Morgan fingerprint density at radius 2 is 2.00 bits per heavy atom. The van der Waals surface area contributed by atoms with Gasteiger partial charge >= 0.3 is 5.97 Å². The van der Waals surface area contributed by atoms with Crippen molar-refractivity contribution in [2.75, 3.05) is 31.6 Å². The molecule has 1 aromatic carbocycles. The van der Waals surface area contributed by atoms with Crippen LogP contribution in [-0.4, -0.2) is 53.3 Å². The Kier molecular flexibility index (Phi) is 7.46. The minimum absolute atomic E-state index is 0. The molecule has 0 aliphatic carbocycles. The number of carbonyl (C=O) groups is 2. The van der Waals surface area contributed by atoms with E-state index in [9.17, 15) is 14.7 Å². The molecule has 4 N–H and O–H groups in total. The molecule has 3 heterocycles. The van der Waals surface area contributed by atoms with Crippen LogP contribution in [-0.2, 0) is 11.3 Å². The maximum atomic E-state index is 12.6. The van der Waals surface area contributed by atoms with E-state index in [1.54, 1.807) is 19.1 Å². The van der Waals surface area contributed by atoms with Crippen LogP contribution < -0.4 is 22.6 Å². The predicted molar refractivity (Wildman–Crippen MR) is 115 cm³/mol. The molecule has 166 valence electrons. The number of hydrogen-bond acceptors (Lipinski definition) is 5. The molecule has 0 spiro atoms. The smallest absolute Gasteiger partial charge is 0.335 e. The number of halogens is 3. The molecule has 12 heteroatoms. The number of quaternary nitrogens is 1. The molecule has 8 nitrogen and oxygen atoms in total. The number of ether oxygens (including phenoxy) is 1. The first kappa shape index (κ1) is 23.8. The highest BCUT2D eigenvalue weighted by atomic mass is 35.5. The molecule has 0 saturated carbocycles. The van der Waals surface area contributed by atoms with Crippen LogP contribution in [0.15, 0.2) is 12.1 Å². The van der Waals surface area contributed by atoms with Gasteiger partial charge in [-0.15, -0.1) is 0 Å². The number of H-pyrrole nitrogens is 1. The summed E-state index contributed by atoms with van der Waals surface area (Å²) in [5, 5.41) is 13.0. The number of hydrogen-bond donors (Lipinski definition) is 4. The summed E-state index contributed by atoms with van der Waals surface area (Å²) in [6.45, 7) is 5.39. The van der Waals surface area contributed by atoms with Crippen molar-refractivity contribution in [3.63, 3.8) is 0 Å². The number of aromatic nitrogens is 2. The van der Waals surface area contributed by atoms with Crippen molar-refractivity contribution < 1.29 is 36.7 Å². The summed E-state index contributed by atoms with van der Waals surface area (Å²) < 4.78 is 6.09. The van der Waals surface area contributed by atoms with Crippen molar-refractivity contribution in [3.05, 3.63) is 44.7 Å². The summed E-state index contributed by atoms with van der Waals surface area (Å²) in [6, 6.07) is 3.23. The number of carbonyl (C=O) groups excluding carboxylic acids is 1. The van der Waals surface area contributed by atoms with Gasteiger partial charge in [-0.05, 0) is 19.1 Å². The number of carboxylic acid groups (broad SMARTS) is 1. The third kappa shape index (κ3) is 4.97. The minimum atomic E-state index is -1.00. The number of nitrogens with zero attached hydrogens (tertiary/aromatic N) is 1. The van der Waals surface area contributed by atoms with E-state index < -0.39 is 11.9 Å². The summed E-state index contributed by atoms with van der Waals surface area (Å²) in [7, 11) is 0. The average molecular weight is 506 g/mol. The zero-order chi connectivity index (χ0) is 21.4. The SMILES string of the molecule is Cc1[nH]c(C(=O)Nc2nc3c(C[NH+]4CCOCC4)cc(C(=O)O)cc3s2)c(Cl)c1Cl.[Cl-]. The predicted octanol–water partition coefficient (Wildman–Crippen LogP) is -0.391. The second-order valence-electron chi connectivity index (χ2n) is 7.05. The van der Waals surface area contributed by atoms with Crippen LogP contribution in [0.2, 0.25) is 10.0 Å². The lowest BCUT2D eigenvalue weighted by molar-refractivity contribution is -0.921. The Hall–Kier alpha value is -1.88. The van der Waals surface area contributed by atoms with Crippen molar-refractivity contribution in [2.24, 2.45) is 0 Å². The molecular formula is C19H19Cl3N4O4S. The summed E-state index contributed by atoms with van der Waals surface area (Å²) in [5.74, 6) is -1.47. The first-order valence-electron chi connectivity index (χ1n) is 9.26. The van der Waals surface area contributed by atoms with Crippen molar-refractivity contribution >= 4 is 61.8 Å². The highest BCUT2D eigenvalue weighted by Crippen LogP contribution is 2.32. The van der Waals surface area contributed by atoms with Gasteiger partial charge in [-0.25, -0.2) is 9.78 Å². The Morgan fingerprint density at radius 3 is 2.61 bits per heavy atom. The number of amides is 1. The number of aryl methyl sites for hydroxylation is 1. The van der Waals surface area contributed by atoms with Gasteiger partial charge in [-0.2, -0.15) is 0 Å². The topological polar surface area (TPSA) is 109 Å². The first-order valence-corrected chi connectivity index (χ1v) is 10.8. The lowest BCUT2D eigenvalue weighted by Gasteiger charge is -2.23. The number of anilines is 1. The number of fused-ring (bicyclic) bond motifs is 1. The van der Waals surface area contributed by atoms with Crippen LogP contribution in [0.5, 0.6) is 0 Å². The van der Waals surface area contributed by atoms with Crippen LogP contribution in [0.4, 0.5) is 5.13 Å². The Morgan fingerprint density at radius 1 is 1.29 bits per heavy atom. The minimum Gasteiger partial charge on any atom is -1.00 e. The number of thiazole rings is 1. The first-order chi connectivity index (χ1) is 14.3. The van der Waals surface area contributed by atoms with Crippen LogP contribution in [0, 0.1) is 6.92 Å². The van der Waals surface area contributed by atoms with Gasteiger partial charge in [0.15, 0.2) is 5.13 Å². The molecule has 1 aliphatic heterocycles. The van der Waals surface area contributed by atoms with Gasteiger partial charge in [0.25, 0.3) is 5.91 Å². The average Bonchev–Trinajstić information content (AvgIpc) is 3.24. The number of carboxylic acids is 1. The van der Waals surface area contributed by atoms with E-state index >= 15 is 0 Å². The molecule has 0 radical (unpaired) electrons. The third-order valence-corrected chi connectivity index (χ3v) is 6.83. The van der Waals surface area contributed by atoms with Crippen LogP contribution in [0.1, 0.15) is 32.1 Å². The molecule has 31 heavy (non-hydrogen) atoms. The molecule has 0 atom stereocenters. The number of aromatic carboxylic acids is 1. The van der Waals surface area contributed by atoms with Gasteiger partial charge in [0.2, 0.25) is 0 Å². The molecule has 1 aliphatic rings. The van der Waals surface area contributed by atoms with Gasteiger partial charge in [0, 0.05) is 11.3 Å². The van der Waals surface area contributed by atoms with E-state index in [2.05, 4.69) is 15.3 Å². The lowest BCUT2D eigenvalue weighted by Crippen LogP contribution is -3.12. The fourth-order valence-electron chi connectivity index (χ4n) is 3.40. The Bertz CT molecular complexity index is 1140. The van der Waals surface area contributed by atoms with Gasteiger partial charge in [-0.1, -0.05) is 34.5 Å². The second kappa shape index (κ2) is 9.72. The largest absolute Gasteiger partial charge is 1.00 e. The quantitative estimate of drug-likeness (QED) is 0.378. The van der Waals surface area contributed by atoms with E-state index in [0.717, 1.165) is 18.7 Å². The molecule has 0 bridgehead atoms. The van der Waals surface area contributed by atoms with Gasteiger partial charge in [-0.3, -0.25) is 10.1 Å². The standard InChI is InChI=1S/C19H18Cl2N4O4S.ClH/c1-9-13(20)14(21)16(22-9)17(26)24-19-23-15-11(8-25-2-4-29-5-3-25)6-10(18(27)28)7-12(15)30-19;/h6-7,22H,2-5,8H2,1H3,(H,27,28)(H,23,24,26);1H. The van der Waals surface area contributed by atoms with E-state index in [1.165, 1.54) is 16.2 Å². The summed E-state index contributed by atoms with van der Waals surface area (Å²) >= 11 is 13.4. The molecule has 0 unspecified atom stereocenters. The van der Waals surface area contributed by atoms with E-state index in [4.69, 9.17) is 27.9 Å². The van der Waals surface area contributed by atoms with Crippen molar-refractivity contribution in [3.8, 4) is 0 Å². The maximum Gasteiger partial charge on any atom is 0.335 e. The molecule has 2 aromatic heterocycles. The zero-order valence-corrected chi connectivity index (χ0v) is 19.4. The van der Waals surface area contributed by atoms with Gasteiger partial charge in [0.1, 0.15) is 25.3 Å². The highest BCUT2D eigenvalue weighted by molar-refractivity contribution is 7.22. The molecule has 3 aromatic rings.